The van der Waals surface area contributed by atoms with E-state index < -0.39 is 6.03 Å². The molecule has 2 N–H and O–H groups in total. The first-order chi connectivity index (χ1) is 17.8. The average molecular weight is 495 g/mol. The van der Waals surface area contributed by atoms with E-state index >= 15 is 0 Å². The second-order valence-electron chi connectivity index (χ2n) is 9.63. The van der Waals surface area contributed by atoms with Gasteiger partial charge in [-0.1, -0.05) is 45.0 Å². The van der Waals surface area contributed by atoms with Gasteiger partial charge in [0.2, 0.25) is 0 Å². The molecule has 9 heteroatoms. The molecule has 0 atom stereocenters. The van der Waals surface area contributed by atoms with Crippen LogP contribution in [0.15, 0.2) is 77.9 Å². The number of carbonyl (C=O) groups is 2. The number of para-hydroxylation sites is 1. The van der Waals surface area contributed by atoms with Crippen molar-refractivity contribution in [3.63, 3.8) is 0 Å². The number of hydrogen-bond acceptors (Lipinski definition) is 6. The molecule has 0 aliphatic carbocycles. The Kier molecular flexibility index (Phi) is 6.27. The zero-order valence-corrected chi connectivity index (χ0v) is 20.7. The van der Waals surface area contributed by atoms with Crippen LogP contribution < -0.4 is 15.4 Å². The van der Waals surface area contributed by atoms with Crippen LogP contribution >= 0.6 is 0 Å². The second kappa shape index (κ2) is 9.69. The van der Waals surface area contributed by atoms with Gasteiger partial charge in [0.15, 0.2) is 11.6 Å². The van der Waals surface area contributed by atoms with Crippen LogP contribution in [0.25, 0.3) is 5.69 Å². The Balaban J connectivity index is 1.34. The lowest BCUT2D eigenvalue weighted by Crippen LogP contribution is -2.21. The summed E-state index contributed by atoms with van der Waals surface area (Å²) < 4.78 is 7.75. The smallest absolute Gasteiger partial charge is 0.324 e. The second-order valence-corrected chi connectivity index (χ2v) is 9.63. The highest BCUT2D eigenvalue weighted by Crippen LogP contribution is 2.33. The minimum absolute atomic E-state index is 0.109. The van der Waals surface area contributed by atoms with Crippen molar-refractivity contribution in [3.05, 3.63) is 84.2 Å². The van der Waals surface area contributed by atoms with E-state index in [-0.39, 0.29) is 17.6 Å². The van der Waals surface area contributed by atoms with Crippen molar-refractivity contribution >= 4 is 35.4 Å². The molecule has 0 radical (unpaired) electrons. The quantitative estimate of drug-likeness (QED) is 0.363. The number of aromatic nitrogens is 3. The third-order valence-corrected chi connectivity index (χ3v) is 5.71. The van der Waals surface area contributed by atoms with Gasteiger partial charge in [-0.15, -0.1) is 0 Å². The molecular weight excluding hydrogens is 468 g/mol. The summed E-state index contributed by atoms with van der Waals surface area (Å²) in [5.74, 6) is 1.91. The summed E-state index contributed by atoms with van der Waals surface area (Å²) in [5, 5.41) is 10.5. The number of benzene rings is 2. The SMILES string of the molecule is CC(C)(C)c1cc(NC(=O)Nc2cccc(Oc3ccnc4c3CC(=O)C=N4)c2)n(-c2ccccc2)n1. The molecule has 1 aliphatic rings. The first kappa shape index (κ1) is 23.9. The zero-order valence-electron chi connectivity index (χ0n) is 20.7. The highest BCUT2D eigenvalue weighted by atomic mass is 16.5. The van der Waals surface area contributed by atoms with Crippen molar-refractivity contribution < 1.29 is 14.3 Å². The maximum Gasteiger partial charge on any atom is 0.324 e. The standard InChI is InChI=1S/C28H26N6O3/c1-28(2,3)24-16-25(34(33-24)19-9-5-4-6-10-19)32-27(36)31-18-8-7-11-21(14-18)37-23-12-13-29-26-22(23)15-20(35)17-30-26/h4-14,16-17H,15H2,1-3H3,(H2,31,32,36). The summed E-state index contributed by atoms with van der Waals surface area (Å²) in [6.07, 6.45) is 3.03. The van der Waals surface area contributed by atoms with Crippen LogP contribution in [0.4, 0.5) is 22.1 Å². The number of ether oxygens (including phenoxy) is 1. The normalized spacial score (nSPS) is 12.7. The molecule has 2 aromatic heterocycles. The van der Waals surface area contributed by atoms with Gasteiger partial charge in [0, 0.05) is 41.4 Å². The van der Waals surface area contributed by atoms with Gasteiger partial charge < -0.3 is 10.1 Å². The van der Waals surface area contributed by atoms with E-state index in [0.29, 0.717) is 34.4 Å². The molecule has 0 saturated carbocycles. The minimum Gasteiger partial charge on any atom is -0.457 e. The van der Waals surface area contributed by atoms with Crippen molar-refractivity contribution in [2.75, 3.05) is 10.6 Å². The Hall–Kier alpha value is -4.79. The number of aliphatic imine (C=N–C) groups is 1. The van der Waals surface area contributed by atoms with E-state index in [4.69, 9.17) is 9.84 Å². The van der Waals surface area contributed by atoms with Crippen molar-refractivity contribution in [1.82, 2.24) is 14.8 Å². The third kappa shape index (κ3) is 5.40. The van der Waals surface area contributed by atoms with Gasteiger partial charge in [-0.25, -0.2) is 19.5 Å². The summed E-state index contributed by atoms with van der Waals surface area (Å²) in [6.45, 7) is 6.21. The number of nitrogens with one attached hydrogen (secondary N) is 2. The highest BCUT2D eigenvalue weighted by molar-refractivity contribution is 6.29. The predicted molar refractivity (Wildman–Crippen MR) is 143 cm³/mol. The lowest BCUT2D eigenvalue weighted by molar-refractivity contribution is -0.112. The van der Waals surface area contributed by atoms with Crippen molar-refractivity contribution in [2.24, 2.45) is 4.99 Å². The molecule has 2 amide bonds. The number of Topliss-reactive ketones (excluding diaryl/α,β-unsaturated/α-hetero) is 1. The van der Waals surface area contributed by atoms with Crippen LogP contribution in [-0.2, 0) is 16.6 Å². The Morgan fingerprint density at radius 3 is 2.59 bits per heavy atom. The van der Waals surface area contributed by atoms with E-state index in [1.54, 1.807) is 41.2 Å². The fraction of sp³-hybridized carbons (Fsp3) is 0.179. The van der Waals surface area contributed by atoms with Crippen LogP contribution in [0, 0.1) is 0 Å². The van der Waals surface area contributed by atoms with Crippen molar-refractivity contribution in [1.29, 1.82) is 0 Å². The van der Waals surface area contributed by atoms with Crippen LogP contribution in [0.3, 0.4) is 0 Å². The van der Waals surface area contributed by atoms with Gasteiger partial charge in [0.05, 0.1) is 17.6 Å². The molecule has 0 unspecified atom stereocenters. The fourth-order valence-electron chi connectivity index (χ4n) is 3.84. The number of nitrogens with zero attached hydrogens (tertiary/aromatic N) is 4. The number of fused-ring (bicyclic) bond motifs is 1. The van der Waals surface area contributed by atoms with Crippen LogP contribution in [0.1, 0.15) is 32.0 Å². The van der Waals surface area contributed by atoms with Gasteiger partial charge >= 0.3 is 6.03 Å². The lowest BCUT2D eigenvalue weighted by atomic mass is 9.92. The fourth-order valence-corrected chi connectivity index (χ4v) is 3.84. The number of amides is 2. The maximum atomic E-state index is 13.0. The molecule has 2 aromatic carbocycles. The number of anilines is 2. The average Bonchev–Trinajstić information content (AvgIpc) is 3.29. The molecule has 0 saturated heterocycles. The summed E-state index contributed by atoms with van der Waals surface area (Å²) in [5.41, 5.74) is 2.67. The minimum atomic E-state index is -0.420. The number of rotatable bonds is 5. The molecule has 0 fully saturated rings. The predicted octanol–water partition coefficient (Wildman–Crippen LogP) is 5.83. The van der Waals surface area contributed by atoms with Crippen molar-refractivity contribution in [3.8, 4) is 17.2 Å². The summed E-state index contributed by atoms with van der Waals surface area (Å²) in [4.78, 5) is 33.1. The number of hydrogen-bond donors (Lipinski definition) is 2. The topological polar surface area (TPSA) is 110 Å². The van der Waals surface area contributed by atoms with Gasteiger partial charge in [-0.05, 0) is 30.3 Å². The Morgan fingerprint density at radius 1 is 1.00 bits per heavy atom. The first-order valence-electron chi connectivity index (χ1n) is 11.8. The lowest BCUT2D eigenvalue weighted by Gasteiger charge is -2.15. The van der Waals surface area contributed by atoms with Gasteiger partial charge in [0.1, 0.15) is 17.3 Å². The van der Waals surface area contributed by atoms with Crippen LogP contribution in [0.2, 0.25) is 0 Å². The number of pyridine rings is 1. The maximum absolute atomic E-state index is 13.0. The monoisotopic (exact) mass is 494 g/mol. The molecule has 4 aromatic rings. The van der Waals surface area contributed by atoms with Crippen molar-refractivity contribution in [2.45, 2.75) is 32.6 Å². The molecule has 5 rings (SSSR count). The molecule has 9 nitrogen and oxygen atoms in total. The number of carbonyl (C=O) groups excluding carboxylic acids is 2. The molecule has 37 heavy (non-hydrogen) atoms. The van der Waals surface area contributed by atoms with E-state index in [1.807, 2.05) is 36.4 Å². The molecular formula is C28H26N6O3. The zero-order chi connectivity index (χ0) is 26.0. The Labute approximate surface area is 214 Å². The summed E-state index contributed by atoms with van der Waals surface area (Å²) in [7, 11) is 0. The molecule has 186 valence electrons. The summed E-state index contributed by atoms with van der Waals surface area (Å²) >= 11 is 0. The van der Waals surface area contributed by atoms with E-state index in [9.17, 15) is 9.59 Å². The van der Waals surface area contributed by atoms with Crippen LogP contribution in [0.5, 0.6) is 11.5 Å². The summed E-state index contributed by atoms with van der Waals surface area (Å²) in [6, 6.07) is 19.8. The van der Waals surface area contributed by atoms with Gasteiger partial charge in [-0.2, -0.15) is 5.10 Å². The van der Waals surface area contributed by atoms with Gasteiger partial charge in [-0.3, -0.25) is 10.1 Å². The number of ketones is 1. The van der Waals surface area contributed by atoms with E-state index in [0.717, 1.165) is 11.4 Å². The largest absolute Gasteiger partial charge is 0.457 e. The van der Waals surface area contributed by atoms with E-state index in [1.165, 1.54) is 6.21 Å². The van der Waals surface area contributed by atoms with E-state index in [2.05, 4.69) is 41.4 Å². The Bertz CT molecular complexity index is 1500. The molecule has 3 heterocycles. The molecule has 1 aliphatic heterocycles. The third-order valence-electron chi connectivity index (χ3n) is 5.71. The van der Waals surface area contributed by atoms with Crippen LogP contribution in [-0.4, -0.2) is 32.8 Å². The Morgan fingerprint density at radius 2 is 1.81 bits per heavy atom. The molecule has 0 bridgehead atoms. The number of urea groups is 1. The first-order valence-corrected chi connectivity index (χ1v) is 11.8. The van der Waals surface area contributed by atoms with Gasteiger partial charge in [0.25, 0.3) is 0 Å². The highest BCUT2D eigenvalue weighted by Gasteiger charge is 2.22. The molecule has 0 spiro atoms.